The number of aromatic hydroxyl groups is 2. The Morgan fingerprint density at radius 3 is 1.43 bits per heavy atom. The molecule has 4 aromatic carbocycles. The number of hydrogen-bond donors (Lipinski definition) is 2. The van der Waals surface area contributed by atoms with Crippen molar-refractivity contribution in [3.8, 4) is 23.0 Å². The Hall–Kier alpha value is -7.34. The first-order chi connectivity index (χ1) is 27.0. The molecule has 0 saturated heterocycles. The molecule has 0 saturated carbocycles. The summed E-state index contributed by atoms with van der Waals surface area (Å²) in [5.74, 6) is -0.888. The Morgan fingerprint density at radius 2 is 1.00 bits per heavy atom. The van der Waals surface area contributed by atoms with Crippen molar-refractivity contribution in [1.82, 2.24) is 9.97 Å². The fourth-order valence-electron chi connectivity index (χ4n) is 6.43. The van der Waals surface area contributed by atoms with Crippen LogP contribution >= 0.6 is 0 Å². The molecule has 56 heavy (non-hydrogen) atoms. The zero-order valence-electron chi connectivity index (χ0n) is 30.1. The Balaban J connectivity index is 0.890. The van der Waals surface area contributed by atoms with Crippen LogP contribution in [0.5, 0.6) is 23.0 Å². The summed E-state index contributed by atoms with van der Waals surface area (Å²) in [7, 11) is 0. The number of unbranched alkanes of at least 4 members (excludes halogenated alkanes) is 1. The van der Waals surface area contributed by atoms with Gasteiger partial charge in [-0.15, -0.1) is 0 Å². The van der Waals surface area contributed by atoms with Crippen LogP contribution in [0.2, 0.25) is 0 Å². The molecular formula is C44H32N2O10. The lowest BCUT2D eigenvalue weighted by molar-refractivity contribution is 0.102. The predicted octanol–water partition coefficient (Wildman–Crippen LogP) is 7.72. The summed E-state index contributed by atoms with van der Waals surface area (Å²) in [5.41, 5.74) is 2.33. The third kappa shape index (κ3) is 6.79. The average molecular weight is 749 g/mol. The second-order valence-electron chi connectivity index (χ2n) is 13.4. The van der Waals surface area contributed by atoms with E-state index in [1.807, 2.05) is 26.0 Å². The second-order valence-corrected chi connectivity index (χ2v) is 13.4. The summed E-state index contributed by atoms with van der Waals surface area (Å²) in [4.78, 5) is 61.8. The molecular weight excluding hydrogens is 716 g/mol. The van der Waals surface area contributed by atoms with Crippen molar-refractivity contribution in [3.63, 3.8) is 0 Å². The predicted molar refractivity (Wildman–Crippen MR) is 208 cm³/mol. The monoisotopic (exact) mass is 748 g/mol. The maximum absolute atomic E-state index is 13.5. The van der Waals surface area contributed by atoms with Crippen LogP contribution in [0, 0.1) is 13.8 Å². The first-order valence-electron chi connectivity index (χ1n) is 17.7. The second kappa shape index (κ2) is 14.5. The SMILES string of the molecule is Cc1ccc2oc3ncc(C(=O)c4cc(OCCCCOc5ccc(O)c(C(=O)c6cnc7oc8ccc(C)cc8c(=O)c7c6)c5)ccc4O)cc3c(=O)c2c1. The fourth-order valence-corrected chi connectivity index (χ4v) is 6.43. The van der Waals surface area contributed by atoms with Crippen LogP contribution < -0.4 is 20.3 Å². The molecule has 0 aliphatic carbocycles. The molecule has 12 nitrogen and oxygen atoms in total. The van der Waals surface area contributed by atoms with Gasteiger partial charge in [-0.3, -0.25) is 19.2 Å². The highest BCUT2D eigenvalue weighted by atomic mass is 16.5. The lowest BCUT2D eigenvalue weighted by Crippen LogP contribution is -2.08. The number of nitrogens with zero attached hydrogens (tertiary/aromatic N) is 2. The van der Waals surface area contributed by atoms with Gasteiger partial charge in [0.2, 0.25) is 22.3 Å². The van der Waals surface area contributed by atoms with Crippen molar-refractivity contribution < 1.29 is 38.1 Å². The highest BCUT2D eigenvalue weighted by molar-refractivity contribution is 6.13. The number of phenols is 2. The number of carbonyl (C=O) groups excluding carboxylic acids is 2. The summed E-state index contributed by atoms with van der Waals surface area (Å²) in [6, 6.07) is 22.0. The third-order valence-corrected chi connectivity index (χ3v) is 9.39. The van der Waals surface area contributed by atoms with E-state index in [1.54, 1.807) is 36.4 Å². The summed E-state index contributed by atoms with van der Waals surface area (Å²) in [6.45, 7) is 4.26. The minimum absolute atomic E-state index is 0.0165. The van der Waals surface area contributed by atoms with Crippen molar-refractivity contribution in [3.05, 3.63) is 151 Å². The van der Waals surface area contributed by atoms with Crippen LogP contribution in [-0.4, -0.2) is 45.0 Å². The van der Waals surface area contributed by atoms with Crippen LogP contribution in [-0.2, 0) is 0 Å². The van der Waals surface area contributed by atoms with Gasteiger partial charge in [0.25, 0.3) is 0 Å². The van der Waals surface area contributed by atoms with Gasteiger partial charge in [0.1, 0.15) is 34.2 Å². The molecule has 2 N–H and O–H groups in total. The van der Waals surface area contributed by atoms with Gasteiger partial charge >= 0.3 is 0 Å². The highest BCUT2D eigenvalue weighted by Crippen LogP contribution is 2.29. The topological polar surface area (TPSA) is 179 Å². The standard InChI is InChI=1S/C44H32N2O10/c1-23-5-11-37-31(15-23)41(51)33-17-25(21-45-43(33)55-37)39(49)29-19-27(7-9-35(29)47)53-13-3-4-14-54-28-8-10-36(48)30(20-28)40(50)26-18-34-42(52)32-16-24(2)6-12-38(32)56-44(34)46-22-26/h5-12,15-22,47-48H,3-4,13-14H2,1-2H3. The van der Waals surface area contributed by atoms with E-state index in [-0.39, 0.29) is 80.0 Å². The number of ether oxygens (including phenoxy) is 2. The third-order valence-electron chi connectivity index (χ3n) is 9.39. The van der Waals surface area contributed by atoms with E-state index in [4.69, 9.17) is 18.3 Å². The van der Waals surface area contributed by atoms with Crippen LogP contribution in [0.4, 0.5) is 0 Å². The molecule has 4 aromatic heterocycles. The molecule has 0 unspecified atom stereocenters. The summed E-state index contributed by atoms with van der Waals surface area (Å²) < 4.78 is 23.3. The summed E-state index contributed by atoms with van der Waals surface area (Å²) in [6.07, 6.45) is 3.73. The molecule has 0 spiro atoms. The van der Waals surface area contributed by atoms with Crippen molar-refractivity contribution in [2.24, 2.45) is 0 Å². The molecule has 8 rings (SSSR count). The minimum Gasteiger partial charge on any atom is -0.507 e. The number of pyridine rings is 2. The summed E-state index contributed by atoms with van der Waals surface area (Å²) >= 11 is 0. The normalized spacial score (nSPS) is 11.4. The molecule has 0 aliphatic heterocycles. The number of fused-ring (bicyclic) bond motifs is 4. The van der Waals surface area contributed by atoms with E-state index >= 15 is 0 Å². The van der Waals surface area contributed by atoms with Gasteiger partial charge in [0.05, 0.1) is 45.9 Å². The highest BCUT2D eigenvalue weighted by Gasteiger charge is 2.20. The number of rotatable bonds is 11. The van der Waals surface area contributed by atoms with Gasteiger partial charge in [-0.1, -0.05) is 23.3 Å². The molecule has 0 fully saturated rings. The minimum atomic E-state index is -0.544. The van der Waals surface area contributed by atoms with Gasteiger partial charge in [-0.2, -0.15) is 0 Å². The average Bonchev–Trinajstić information content (AvgIpc) is 3.20. The van der Waals surface area contributed by atoms with E-state index in [2.05, 4.69) is 9.97 Å². The number of phenolic OH excluding ortho intramolecular Hbond substituents is 2. The quantitative estimate of drug-likeness (QED) is 0.0748. The van der Waals surface area contributed by atoms with Crippen LogP contribution in [0.3, 0.4) is 0 Å². The van der Waals surface area contributed by atoms with Crippen molar-refractivity contribution >= 4 is 55.7 Å². The molecule has 0 bridgehead atoms. The zero-order chi connectivity index (χ0) is 39.1. The fraction of sp³-hybridized carbons (Fsp3) is 0.136. The molecule has 0 aliphatic rings. The molecule has 0 amide bonds. The number of carbonyl (C=O) groups is 2. The number of ketones is 2. The Bertz CT molecular complexity index is 2820. The number of benzene rings is 4. The number of aryl methyl sites for hydroxylation is 2. The molecule has 4 heterocycles. The number of aromatic nitrogens is 2. The molecule has 0 atom stereocenters. The zero-order valence-corrected chi connectivity index (χ0v) is 30.1. The molecule has 8 aromatic rings. The summed E-state index contributed by atoms with van der Waals surface area (Å²) in [5, 5.41) is 22.1. The lowest BCUT2D eigenvalue weighted by atomic mass is 10.0. The van der Waals surface area contributed by atoms with Crippen LogP contribution in [0.15, 0.2) is 116 Å². The molecule has 0 radical (unpaired) electrons. The van der Waals surface area contributed by atoms with Crippen molar-refractivity contribution in [2.45, 2.75) is 26.7 Å². The lowest BCUT2D eigenvalue weighted by Gasteiger charge is -2.11. The van der Waals surface area contributed by atoms with Gasteiger partial charge in [-0.25, -0.2) is 9.97 Å². The van der Waals surface area contributed by atoms with E-state index < -0.39 is 11.6 Å². The first kappa shape index (κ1) is 35.7. The smallest absolute Gasteiger partial charge is 0.230 e. The molecule has 12 heteroatoms. The van der Waals surface area contributed by atoms with E-state index in [0.29, 0.717) is 46.3 Å². The Morgan fingerprint density at radius 1 is 0.571 bits per heavy atom. The van der Waals surface area contributed by atoms with E-state index in [9.17, 15) is 29.4 Å². The van der Waals surface area contributed by atoms with Crippen molar-refractivity contribution in [2.75, 3.05) is 13.2 Å². The largest absolute Gasteiger partial charge is 0.507 e. The van der Waals surface area contributed by atoms with Gasteiger partial charge in [0, 0.05) is 23.5 Å². The van der Waals surface area contributed by atoms with Crippen molar-refractivity contribution in [1.29, 1.82) is 0 Å². The van der Waals surface area contributed by atoms with Gasteiger partial charge in [-0.05, 0) is 99.5 Å². The molecule has 278 valence electrons. The van der Waals surface area contributed by atoms with Gasteiger partial charge in [0.15, 0.2) is 11.6 Å². The van der Waals surface area contributed by atoms with Gasteiger partial charge < -0.3 is 28.5 Å². The van der Waals surface area contributed by atoms with E-state index in [0.717, 1.165) is 11.1 Å². The number of hydrogen-bond acceptors (Lipinski definition) is 12. The maximum atomic E-state index is 13.5. The Labute approximate surface area is 317 Å². The Kier molecular flexibility index (Phi) is 9.22. The maximum Gasteiger partial charge on any atom is 0.230 e. The van der Waals surface area contributed by atoms with Crippen LogP contribution in [0.25, 0.3) is 44.1 Å². The van der Waals surface area contributed by atoms with Crippen LogP contribution in [0.1, 0.15) is 55.8 Å². The van der Waals surface area contributed by atoms with E-state index in [1.165, 1.54) is 48.8 Å². The first-order valence-corrected chi connectivity index (χ1v) is 17.7.